The minimum absolute atomic E-state index is 0.0897. The van der Waals surface area contributed by atoms with Crippen molar-refractivity contribution in [3.63, 3.8) is 0 Å². The van der Waals surface area contributed by atoms with Crippen molar-refractivity contribution in [1.82, 2.24) is 19.8 Å². The van der Waals surface area contributed by atoms with Crippen molar-refractivity contribution in [3.05, 3.63) is 64.8 Å². The molecule has 6 rings (SSSR count). The molecule has 0 saturated carbocycles. The van der Waals surface area contributed by atoms with E-state index >= 15 is 0 Å². The van der Waals surface area contributed by atoms with Gasteiger partial charge in [0, 0.05) is 81.4 Å². The van der Waals surface area contributed by atoms with E-state index in [0.717, 1.165) is 46.5 Å². The van der Waals surface area contributed by atoms with Crippen LogP contribution in [0.15, 0.2) is 48.6 Å². The highest BCUT2D eigenvalue weighted by atomic mass is 35.5. The Labute approximate surface area is 249 Å². The Hall–Kier alpha value is -3.92. The Bertz CT molecular complexity index is 1520. The Morgan fingerprint density at radius 1 is 1.10 bits per heavy atom. The van der Waals surface area contributed by atoms with Gasteiger partial charge in [0.05, 0.1) is 23.9 Å². The van der Waals surface area contributed by atoms with Gasteiger partial charge in [0.1, 0.15) is 12.5 Å². The third-order valence-electron chi connectivity index (χ3n) is 8.30. The number of amides is 2. The second kappa shape index (κ2) is 12.1. The predicted molar refractivity (Wildman–Crippen MR) is 161 cm³/mol. The summed E-state index contributed by atoms with van der Waals surface area (Å²) in [5.74, 6) is 0.860. The van der Waals surface area contributed by atoms with E-state index in [1.807, 2.05) is 25.2 Å². The number of ether oxygens (including phenoxy) is 1. The van der Waals surface area contributed by atoms with Crippen LogP contribution in [-0.4, -0.2) is 91.2 Å². The first-order valence-corrected chi connectivity index (χ1v) is 14.7. The number of anilines is 2. The van der Waals surface area contributed by atoms with Gasteiger partial charge in [-0.2, -0.15) is 9.97 Å². The first kappa shape index (κ1) is 28.2. The molecule has 1 aromatic heterocycles. The fourth-order valence-electron chi connectivity index (χ4n) is 6.11. The van der Waals surface area contributed by atoms with Crippen LogP contribution in [0, 0.1) is 5.92 Å². The molecule has 0 aliphatic carbocycles. The highest BCUT2D eigenvalue weighted by molar-refractivity contribution is 6.36. The molecule has 3 aromatic rings. The van der Waals surface area contributed by atoms with Crippen LogP contribution in [0.25, 0.3) is 10.8 Å². The fraction of sp³-hybridized carbons (Fsp3) is 0.419. The lowest BCUT2D eigenvalue weighted by Crippen LogP contribution is -2.49. The Kier molecular flexibility index (Phi) is 8.15. The first-order chi connectivity index (χ1) is 20.4. The van der Waals surface area contributed by atoms with Crippen LogP contribution in [0.5, 0.6) is 6.01 Å². The van der Waals surface area contributed by atoms with E-state index in [1.165, 1.54) is 12.2 Å². The maximum Gasteiger partial charge on any atom is 0.318 e. The predicted octanol–water partition coefficient (Wildman–Crippen LogP) is 3.88. The number of aromatic nitrogens is 2. The summed E-state index contributed by atoms with van der Waals surface area (Å²) < 4.78 is 18.7. The number of piperazine rings is 1. The third-order valence-corrected chi connectivity index (χ3v) is 8.62. The largest absolute Gasteiger partial charge is 0.463 e. The SMILES string of the molecule is CN1CC(COc2nc3c(c(N4CCN(C(=O)/C=C/CF)CC4)n2)CCN(c2cccc4cccc(Cl)c24)C3)CC1=O. The van der Waals surface area contributed by atoms with E-state index in [4.69, 9.17) is 26.3 Å². The first-order valence-electron chi connectivity index (χ1n) is 14.4. The molecular formula is C31H34ClFN6O3. The van der Waals surface area contributed by atoms with Crippen molar-refractivity contribution in [2.75, 3.05) is 69.4 Å². The average molecular weight is 593 g/mol. The van der Waals surface area contributed by atoms with Crippen LogP contribution >= 0.6 is 11.6 Å². The molecule has 1 atom stereocenters. The van der Waals surface area contributed by atoms with Gasteiger partial charge >= 0.3 is 6.01 Å². The number of hydrogen-bond donors (Lipinski definition) is 0. The quantitative estimate of drug-likeness (QED) is 0.385. The number of halogens is 2. The molecule has 1 unspecified atom stereocenters. The maximum atomic E-state index is 12.5. The highest BCUT2D eigenvalue weighted by Crippen LogP contribution is 2.37. The van der Waals surface area contributed by atoms with Gasteiger partial charge in [-0.1, -0.05) is 35.9 Å². The zero-order valence-electron chi connectivity index (χ0n) is 23.6. The van der Waals surface area contributed by atoms with Crippen molar-refractivity contribution >= 4 is 45.7 Å². The molecule has 2 aromatic carbocycles. The number of hydrogen-bond acceptors (Lipinski definition) is 7. The van der Waals surface area contributed by atoms with Gasteiger partial charge in [-0.15, -0.1) is 0 Å². The summed E-state index contributed by atoms with van der Waals surface area (Å²) in [6, 6.07) is 12.5. The average Bonchev–Trinajstić information content (AvgIpc) is 3.34. The molecular weight excluding hydrogens is 559 g/mol. The zero-order chi connectivity index (χ0) is 29.2. The molecule has 0 N–H and O–H groups in total. The van der Waals surface area contributed by atoms with Gasteiger partial charge in [-0.05, 0) is 30.0 Å². The normalized spacial score (nSPS) is 19.2. The second-order valence-corrected chi connectivity index (χ2v) is 11.5. The van der Waals surface area contributed by atoms with Gasteiger partial charge in [0.25, 0.3) is 0 Å². The zero-order valence-corrected chi connectivity index (χ0v) is 24.4. The van der Waals surface area contributed by atoms with Crippen LogP contribution in [0.1, 0.15) is 17.7 Å². The number of fused-ring (bicyclic) bond motifs is 2. The summed E-state index contributed by atoms with van der Waals surface area (Å²) in [6.07, 6.45) is 3.74. The molecule has 2 saturated heterocycles. The molecule has 2 fully saturated rings. The summed E-state index contributed by atoms with van der Waals surface area (Å²) in [4.78, 5) is 42.1. The minimum Gasteiger partial charge on any atom is -0.463 e. The van der Waals surface area contributed by atoms with Crippen molar-refractivity contribution in [2.24, 2.45) is 5.92 Å². The van der Waals surface area contributed by atoms with E-state index in [-0.39, 0.29) is 17.7 Å². The molecule has 2 amide bonds. The second-order valence-electron chi connectivity index (χ2n) is 11.1. The van der Waals surface area contributed by atoms with Gasteiger partial charge in [0.15, 0.2) is 0 Å². The van der Waals surface area contributed by atoms with Crippen LogP contribution in [-0.2, 0) is 22.6 Å². The lowest BCUT2D eigenvalue weighted by molar-refractivity contribution is -0.127. The maximum absolute atomic E-state index is 12.5. The smallest absolute Gasteiger partial charge is 0.318 e. The van der Waals surface area contributed by atoms with E-state index < -0.39 is 6.67 Å². The molecule has 4 heterocycles. The topological polar surface area (TPSA) is 82.1 Å². The summed E-state index contributed by atoms with van der Waals surface area (Å²) in [7, 11) is 1.81. The number of likely N-dealkylation sites (tertiary alicyclic amines) is 1. The number of rotatable bonds is 7. The van der Waals surface area contributed by atoms with Gasteiger partial charge in [-0.3, -0.25) is 9.59 Å². The van der Waals surface area contributed by atoms with E-state index in [1.54, 1.807) is 9.80 Å². The van der Waals surface area contributed by atoms with Crippen molar-refractivity contribution in [2.45, 2.75) is 19.4 Å². The number of nitrogens with zero attached hydrogens (tertiary/aromatic N) is 6. The number of carbonyl (C=O) groups is 2. The third kappa shape index (κ3) is 5.72. The van der Waals surface area contributed by atoms with Gasteiger partial charge in [0.2, 0.25) is 11.8 Å². The van der Waals surface area contributed by atoms with Crippen LogP contribution in [0.3, 0.4) is 0 Å². The molecule has 0 radical (unpaired) electrons. The number of alkyl halides is 1. The molecule has 42 heavy (non-hydrogen) atoms. The van der Waals surface area contributed by atoms with Crippen molar-refractivity contribution in [1.29, 1.82) is 0 Å². The molecule has 0 bridgehead atoms. The lowest BCUT2D eigenvalue weighted by atomic mass is 10.0. The molecule has 9 nitrogen and oxygen atoms in total. The Balaban J connectivity index is 1.28. The van der Waals surface area contributed by atoms with Crippen LogP contribution < -0.4 is 14.5 Å². The van der Waals surface area contributed by atoms with Crippen molar-refractivity contribution in [3.8, 4) is 6.01 Å². The summed E-state index contributed by atoms with van der Waals surface area (Å²) in [6.45, 7) is 3.93. The Morgan fingerprint density at radius 3 is 2.62 bits per heavy atom. The minimum atomic E-state index is -0.658. The molecule has 220 valence electrons. The molecule has 3 aliphatic rings. The monoisotopic (exact) mass is 592 g/mol. The standard InChI is InChI=1S/C31H34ClFN6O3/c1-36-18-21(17-28(36)41)20-42-31-34-25-19-39(26-8-3-6-22-5-2-7-24(32)29(22)26)12-10-23(25)30(35-31)38-15-13-37(14-16-38)27(40)9-4-11-33/h2-9,21H,10-20H2,1H3/b9-4+. The summed E-state index contributed by atoms with van der Waals surface area (Å²) in [5, 5.41) is 2.82. The number of carbonyl (C=O) groups excluding carboxylic acids is 2. The molecule has 0 spiro atoms. The number of allylic oxidation sites excluding steroid dienone is 1. The Morgan fingerprint density at radius 2 is 1.88 bits per heavy atom. The van der Waals surface area contributed by atoms with Crippen LogP contribution in [0.4, 0.5) is 15.9 Å². The summed E-state index contributed by atoms with van der Waals surface area (Å²) in [5.41, 5.74) is 3.04. The van der Waals surface area contributed by atoms with E-state index in [2.05, 4.69) is 28.0 Å². The molecule has 3 aliphatic heterocycles. The lowest BCUT2D eigenvalue weighted by Gasteiger charge is -2.38. The van der Waals surface area contributed by atoms with E-state index in [9.17, 15) is 14.0 Å². The highest BCUT2D eigenvalue weighted by Gasteiger charge is 2.31. The number of benzene rings is 2. The summed E-state index contributed by atoms with van der Waals surface area (Å²) >= 11 is 6.66. The molecule has 11 heteroatoms. The van der Waals surface area contributed by atoms with Gasteiger partial charge in [-0.25, -0.2) is 4.39 Å². The fourth-order valence-corrected chi connectivity index (χ4v) is 6.39. The van der Waals surface area contributed by atoms with E-state index in [0.29, 0.717) is 63.3 Å². The van der Waals surface area contributed by atoms with Crippen molar-refractivity contribution < 1.29 is 18.7 Å². The van der Waals surface area contributed by atoms with Crippen LogP contribution in [0.2, 0.25) is 5.02 Å². The van der Waals surface area contributed by atoms with Gasteiger partial charge < -0.3 is 24.3 Å².